The van der Waals surface area contributed by atoms with Crippen molar-refractivity contribution < 1.29 is 9.59 Å². The molecule has 1 aliphatic rings. The van der Waals surface area contributed by atoms with Crippen LogP contribution >= 0.6 is 0 Å². The van der Waals surface area contributed by atoms with E-state index in [4.69, 9.17) is 5.26 Å². The molecule has 2 aromatic rings. The Balaban J connectivity index is 1.58. The number of nitriles is 1. The predicted octanol–water partition coefficient (Wildman–Crippen LogP) is 2.89. The van der Waals surface area contributed by atoms with Gasteiger partial charge in [0.15, 0.2) is 0 Å². The molecule has 1 saturated heterocycles. The number of benzene rings is 2. The summed E-state index contributed by atoms with van der Waals surface area (Å²) in [7, 11) is 1.78. The van der Waals surface area contributed by atoms with Crippen molar-refractivity contribution >= 4 is 17.5 Å². The summed E-state index contributed by atoms with van der Waals surface area (Å²) in [5.41, 5.74) is 3.42. The zero-order chi connectivity index (χ0) is 18.5. The third kappa shape index (κ3) is 4.09. The van der Waals surface area contributed by atoms with Crippen LogP contribution in [0.25, 0.3) is 0 Å². The molecule has 1 fully saturated rings. The molecule has 1 aliphatic heterocycles. The molecule has 2 aromatic carbocycles. The molecule has 3 rings (SSSR count). The van der Waals surface area contributed by atoms with Gasteiger partial charge in [0.05, 0.1) is 18.1 Å². The summed E-state index contributed by atoms with van der Waals surface area (Å²) in [4.78, 5) is 27.7. The molecule has 5 nitrogen and oxygen atoms in total. The van der Waals surface area contributed by atoms with E-state index in [-0.39, 0.29) is 11.8 Å². The first-order valence-electron chi connectivity index (χ1n) is 8.69. The standard InChI is InChI=1S/C21H21N3O2/c1-23(15-18-6-4-17(14-22)5-7-18)21(26)13-16-8-10-19(11-9-16)24-12-2-3-20(24)25/h4-11H,2-3,12-13,15H2,1H3. The number of amides is 2. The number of nitrogens with zero attached hydrogens (tertiary/aromatic N) is 3. The second-order valence-electron chi connectivity index (χ2n) is 6.55. The predicted molar refractivity (Wildman–Crippen MR) is 99.4 cm³/mol. The molecular weight excluding hydrogens is 326 g/mol. The quantitative estimate of drug-likeness (QED) is 0.835. The van der Waals surface area contributed by atoms with Crippen LogP contribution in [0.4, 0.5) is 5.69 Å². The number of anilines is 1. The van der Waals surface area contributed by atoms with Crippen LogP contribution in [0.15, 0.2) is 48.5 Å². The zero-order valence-electron chi connectivity index (χ0n) is 14.8. The van der Waals surface area contributed by atoms with Crippen molar-refractivity contribution in [1.82, 2.24) is 4.90 Å². The second-order valence-corrected chi connectivity index (χ2v) is 6.55. The van der Waals surface area contributed by atoms with Gasteiger partial charge in [0, 0.05) is 32.2 Å². The van der Waals surface area contributed by atoms with Crippen LogP contribution in [-0.4, -0.2) is 30.3 Å². The average Bonchev–Trinajstić information content (AvgIpc) is 3.09. The molecule has 5 heteroatoms. The molecule has 2 amide bonds. The second kappa shape index (κ2) is 7.83. The van der Waals surface area contributed by atoms with E-state index < -0.39 is 0 Å². The summed E-state index contributed by atoms with van der Waals surface area (Å²) in [6.07, 6.45) is 1.83. The Labute approximate surface area is 153 Å². The lowest BCUT2D eigenvalue weighted by Gasteiger charge is -2.18. The van der Waals surface area contributed by atoms with Crippen LogP contribution in [0, 0.1) is 11.3 Å². The van der Waals surface area contributed by atoms with E-state index in [2.05, 4.69) is 6.07 Å². The summed E-state index contributed by atoms with van der Waals surface area (Å²) >= 11 is 0. The average molecular weight is 347 g/mol. The lowest BCUT2D eigenvalue weighted by Crippen LogP contribution is -2.27. The third-order valence-corrected chi connectivity index (χ3v) is 4.61. The molecule has 0 saturated carbocycles. The number of carbonyl (C=O) groups is 2. The fraction of sp³-hybridized carbons (Fsp3) is 0.286. The van der Waals surface area contributed by atoms with Gasteiger partial charge in [-0.3, -0.25) is 9.59 Å². The number of rotatable bonds is 5. The molecule has 1 heterocycles. The number of carbonyl (C=O) groups excluding carboxylic acids is 2. The highest BCUT2D eigenvalue weighted by Crippen LogP contribution is 2.22. The maximum absolute atomic E-state index is 12.4. The van der Waals surface area contributed by atoms with Crippen LogP contribution < -0.4 is 4.90 Å². The van der Waals surface area contributed by atoms with Gasteiger partial charge in [-0.1, -0.05) is 24.3 Å². The van der Waals surface area contributed by atoms with Gasteiger partial charge >= 0.3 is 0 Å². The number of hydrogen-bond acceptors (Lipinski definition) is 3. The minimum atomic E-state index is 0.0272. The first-order valence-corrected chi connectivity index (χ1v) is 8.69. The molecule has 0 radical (unpaired) electrons. The van der Waals surface area contributed by atoms with E-state index in [1.165, 1.54) is 0 Å². The molecule has 0 aromatic heterocycles. The summed E-state index contributed by atoms with van der Waals surface area (Å²) in [6, 6.07) is 17.0. The van der Waals surface area contributed by atoms with Crippen molar-refractivity contribution in [2.24, 2.45) is 0 Å². The van der Waals surface area contributed by atoms with Crippen LogP contribution in [0.2, 0.25) is 0 Å². The van der Waals surface area contributed by atoms with Gasteiger partial charge < -0.3 is 9.80 Å². The fourth-order valence-corrected chi connectivity index (χ4v) is 3.07. The maximum atomic E-state index is 12.4. The minimum absolute atomic E-state index is 0.0272. The molecule has 0 bridgehead atoms. The molecule has 0 spiro atoms. The van der Waals surface area contributed by atoms with Crippen molar-refractivity contribution in [2.45, 2.75) is 25.8 Å². The van der Waals surface area contributed by atoms with Crippen LogP contribution in [0.5, 0.6) is 0 Å². The normalized spacial score (nSPS) is 13.5. The van der Waals surface area contributed by atoms with Crippen molar-refractivity contribution in [3.8, 4) is 6.07 Å². The molecular formula is C21H21N3O2. The summed E-state index contributed by atoms with van der Waals surface area (Å²) < 4.78 is 0. The van der Waals surface area contributed by atoms with Crippen LogP contribution in [0.3, 0.4) is 0 Å². The van der Waals surface area contributed by atoms with E-state index in [1.54, 1.807) is 29.0 Å². The Morgan fingerprint density at radius 1 is 1.12 bits per heavy atom. The summed E-state index contributed by atoms with van der Waals surface area (Å²) in [5, 5.41) is 8.83. The Bertz CT molecular complexity index is 835. The third-order valence-electron chi connectivity index (χ3n) is 4.61. The molecule has 0 atom stereocenters. The summed E-state index contributed by atoms with van der Waals surface area (Å²) in [6.45, 7) is 1.27. The lowest BCUT2D eigenvalue weighted by atomic mass is 10.1. The molecule has 132 valence electrons. The van der Waals surface area contributed by atoms with Gasteiger partial charge in [0.1, 0.15) is 0 Å². The molecule has 26 heavy (non-hydrogen) atoms. The molecule has 0 unspecified atom stereocenters. The van der Waals surface area contributed by atoms with Gasteiger partial charge in [-0.2, -0.15) is 5.26 Å². The highest BCUT2D eigenvalue weighted by atomic mass is 16.2. The molecule has 0 N–H and O–H groups in total. The van der Waals surface area contributed by atoms with E-state index in [0.29, 0.717) is 24.9 Å². The minimum Gasteiger partial charge on any atom is -0.341 e. The first kappa shape index (κ1) is 17.7. The van der Waals surface area contributed by atoms with E-state index in [9.17, 15) is 9.59 Å². The summed E-state index contributed by atoms with van der Waals surface area (Å²) in [5.74, 6) is 0.190. The Morgan fingerprint density at radius 3 is 2.35 bits per heavy atom. The van der Waals surface area contributed by atoms with E-state index in [0.717, 1.165) is 29.8 Å². The Kier molecular flexibility index (Phi) is 5.33. The van der Waals surface area contributed by atoms with Gasteiger partial charge in [-0.25, -0.2) is 0 Å². The molecule has 0 aliphatic carbocycles. The van der Waals surface area contributed by atoms with Crippen LogP contribution in [-0.2, 0) is 22.6 Å². The van der Waals surface area contributed by atoms with Gasteiger partial charge in [0.25, 0.3) is 0 Å². The highest BCUT2D eigenvalue weighted by Gasteiger charge is 2.21. The van der Waals surface area contributed by atoms with Gasteiger partial charge in [-0.05, 0) is 41.8 Å². The monoisotopic (exact) mass is 347 g/mol. The Morgan fingerprint density at radius 2 is 1.77 bits per heavy atom. The largest absolute Gasteiger partial charge is 0.341 e. The first-order chi connectivity index (χ1) is 12.6. The van der Waals surface area contributed by atoms with Crippen molar-refractivity contribution in [2.75, 3.05) is 18.5 Å². The van der Waals surface area contributed by atoms with Crippen molar-refractivity contribution in [3.05, 3.63) is 65.2 Å². The van der Waals surface area contributed by atoms with Gasteiger partial charge in [-0.15, -0.1) is 0 Å². The number of hydrogen-bond donors (Lipinski definition) is 0. The maximum Gasteiger partial charge on any atom is 0.227 e. The van der Waals surface area contributed by atoms with Crippen molar-refractivity contribution in [1.29, 1.82) is 5.26 Å². The number of likely N-dealkylation sites (N-methyl/N-ethyl adjacent to an activating group) is 1. The SMILES string of the molecule is CN(Cc1ccc(C#N)cc1)C(=O)Cc1ccc(N2CCCC2=O)cc1. The lowest BCUT2D eigenvalue weighted by molar-refractivity contribution is -0.129. The fourth-order valence-electron chi connectivity index (χ4n) is 3.07. The van der Waals surface area contributed by atoms with Crippen molar-refractivity contribution in [3.63, 3.8) is 0 Å². The highest BCUT2D eigenvalue weighted by molar-refractivity contribution is 5.95. The zero-order valence-corrected chi connectivity index (χ0v) is 14.8. The topological polar surface area (TPSA) is 64.4 Å². The van der Waals surface area contributed by atoms with E-state index >= 15 is 0 Å². The smallest absolute Gasteiger partial charge is 0.227 e. The van der Waals surface area contributed by atoms with Gasteiger partial charge in [0.2, 0.25) is 11.8 Å². The Hall–Kier alpha value is -3.13. The van der Waals surface area contributed by atoms with E-state index in [1.807, 2.05) is 36.4 Å². The van der Waals surface area contributed by atoms with Crippen LogP contribution in [0.1, 0.15) is 29.5 Å².